The summed E-state index contributed by atoms with van der Waals surface area (Å²) < 4.78 is 0. The normalized spacial score (nSPS) is 10.8. The molecule has 0 heterocycles. The fourth-order valence-corrected chi connectivity index (χ4v) is 0.302. The molecule has 0 aliphatic heterocycles. The van der Waals surface area contributed by atoms with Crippen LogP contribution in [0, 0.1) is 4.91 Å². The maximum atomic E-state index is 9.88. The van der Waals surface area contributed by atoms with Crippen LogP contribution >= 0.6 is 0 Å². The molecule has 0 atom stereocenters. The van der Waals surface area contributed by atoms with Gasteiger partial charge in [-0.3, -0.25) is 4.99 Å². The van der Waals surface area contributed by atoms with Crippen LogP contribution in [-0.4, -0.2) is 18.8 Å². The molecule has 0 aromatic carbocycles. The minimum Gasteiger partial charge on any atom is -0.298 e. The Morgan fingerprint density at radius 1 is 1.62 bits per heavy atom. The van der Waals surface area contributed by atoms with Gasteiger partial charge >= 0.3 is 0 Å². The van der Waals surface area contributed by atoms with Crippen LogP contribution < -0.4 is 0 Å². The molecule has 8 heavy (non-hydrogen) atoms. The van der Waals surface area contributed by atoms with Gasteiger partial charge in [-0.2, -0.15) is 4.91 Å². The molecule has 0 spiro atoms. The molecular weight excluding hydrogens is 104 g/mol. The van der Waals surface area contributed by atoms with Crippen LogP contribution in [0.4, 0.5) is 0 Å². The Morgan fingerprint density at radius 3 is 2.25 bits per heavy atom. The highest BCUT2D eigenvalue weighted by Crippen LogP contribution is 2.06. The zero-order chi connectivity index (χ0) is 6.62. The molecule has 0 unspecified atom stereocenters. The van der Waals surface area contributed by atoms with E-state index in [-0.39, 0.29) is 0 Å². The van der Waals surface area contributed by atoms with Crippen molar-refractivity contribution in [2.75, 3.05) is 6.54 Å². The summed E-state index contributed by atoms with van der Waals surface area (Å²) in [5.74, 6) is 0. The first kappa shape index (κ1) is 7.27. The molecule has 0 bridgehead atoms. The van der Waals surface area contributed by atoms with Crippen LogP contribution in [0.2, 0.25) is 0 Å². The van der Waals surface area contributed by atoms with Crippen molar-refractivity contribution in [2.45, 2.75) is 19.4 Å². The molecule has 0 aromatic heterocycles. The van der Waals surface area contributed by atoms with E-state index in [1.54, 1.807) is 13.8 Å². The molecule has 3 heteroatoms. The number of hydrogen-bond donors (Lipinski definition) is 0. The van der Waals surface area contributed by atoms with E-state index in [1.807, 2.05) is 0 Å². The molecule has 0 amide bonds. The second kappa shape index (κ2) is 2.55. The maximum Gasteiger partial charge on any atom is 0.116 e. The molecule has 46 valence electrons. The van der Waals surface area contributed by atoms with Gasteiger partial charge in [-0.25, -0.2) is 0 Å². The quantitative estimate of drug-likeness (QED) is 0.402. The van der Waals surface area contributed by atoms with Crippen LogP contribution in [0.3, 0.4) is 0 Å². The second-order valence-corrected chi connectivity index (χ2v) is 2.29. The van der Waals surface area contributed by atoms with Crippen molar-refractivity contribution in [2.24, 2.45) is 10.2 Å². The van der Waals surface area contributed by atoms with Crippen molar-refractivity contribution in [3.05, 3.63) is 4.91 Å². The molecule has 0 aliphatic rings. The van der Waals surface area contributed by atoms with Crippen LogP contribution in [0.15, 0.2) is 10.2 Å². The summed E-state index contributed by atoms with van der Waals surface area (Å²) >= 11 is 0. The van der Waals surface area contributed by atoms with Crippen molar-refractivity contribution < 1.29 is 0 Å². The average molecular weight is 114 g/mol. The third kappa shape index (κ3) is 2.44. The highest BCUT2D eigenvalue weighted by molar-refractivity contribution is 5.23. The summed E-state index contributed by atoms with van der Waals surface area (Å²) in [6.45, 7) is 7.08. The molecular formula is C5H10N2O. The van der Waals surface area contributed by atoms with E-state index < -0.39 is 5.54 Å². The van der Waals surface area contributed by atoms with E-state index in [0.29, 0.717) is 6.54 Å². The van der Waals surface area contributed by atoms with Gasteiger partial charge in [-0.05, 0) is 20.6 Å². The summed E-state index contributed by atoms with van der Waals surface area (Å²) in [5.41, 5.74) is -0.568. The van der Waals surface area contributed by atoms with Crippen molar-refractivity contribution in [1.82, 2.24) is 0 Å². The van der Waals surface area contributed by atoms with Gasteiger partial charge in [0.25, 0.3) is 0 Å². The Kier molecular flexibility index (Phi) is 2.31. The lowest BCUT2D eigenvalue weighted by Crippen LogP contribution is -2.19. The predicted molar refractivity (Wildman–Crippen MR) is 34.3 cm³/mol. The SMILES string of the molecule is C=NCC(C)(C)N=O. The standard InChI is InChI=1S/C5H10N2O/c1-5(2,7-8)4-6-3/h3-4H2,1-2H3. The van der Waals surface area contributed by atoms with Crippen LogP contribution in [-0.2, 0) is 0 Å². The Morgan fingerprint density at radius 2 is 2.12 bits per heavy atom. The first-order valence-electron chi connectivity index (χ1n) is 2.39. The summed E-state index contributed by atoms with van der Waals surface area (Å²) in [6, 6.07) is 0. The number of nitroso groups, excluding NO2 is 1. The van der Waals surface area contributed by atoms with Gasteiger partial charge < -0.3 is 0 Å². The molecule has 0 aromatic rings. The molecule has 0 aliphatic carbocycles. The minimum absolute atomic E-state index is 0.399. The van der Waals surface area contributed by atoms with E-state index in [0.717, 1.165) is 0 Å². The zero-order valence-corrected chi connectivity index (χ0v) is 5.22. The number of hydrogen-bond acceptors (Lipinski definition) is 3. The third-order valence-corrected chi connectivity index (χ3v) is 0.746. The fraction of sp³-hybridized carbons (Fsp3) is 0.800. The van der Waals surface area contributed by atoms with Crippen molar-refractivity contribution in [1.29, 1.82) is 0 Å². The molecule has 0 saturated carbocycles. The summed E-state index contributed by atoms with van der Waals surface area (Å²) in [7, 11) is 0. The van der Waals surface area contributed by atoms with Gasteiger partial charge in [-0.15, -0.1) is 0 Å². The van der Waals surface area contributed by atoms with Crippen LogP contribution in [0.5, 0.6) is 0 Å². The van der Waals surface area contributed by atoms with E-state index >= 15 is 0 Å². The van der Waals surface area contributed by atoms with E-state index in [9.17, 15) is 4.91 Å². The van der Waals surface area contributed by atoms with Gasteiger partial charge in [0.2, 0.25) is 0 Å². The first-order valence-corrected chi connectivity index (χ1v) is 2.39. The van der Waals surface area contributed by atoms with Crippen molar-refractivity contribution >= 4 is 6.72 Å². The Labute approximate surface area is 48.8 Å². The lowest BCUT2D eigenvalue weighted by molar-refractivity contribution is 0.534. The molecule has 0 radical (unpaired) electrons. The smallest absolute Gasteiger partial charge is 0.116 e. The lowest BCUT2D eigenvalue weighted by atomic mass is 10.1. The van der Waals surface area contributed by atoms with Crippen LogP contribution in [0.25, 0.3) is 0 Å². The number of rotatable bonds is 3. The topological polar surface area (TPSA) is 41.8 Å². The highest BCUT2D eigenvalue weighted by Gasteiger charge is 2.15. The fourth-order valence-electron chi connectivity index (χ4n) is 0.302. The molecule has 3 nitrogen and oxygen atoms in total. The summed E-state index contributed by atoms with van der Waals surface area (Å²) in [5, 5.41) is 2.83. The molecule has 0 saturated heterocycles. The van der Waals surface area contributed by atoms with Crippen LogP contribution in [0.1, 0.15) is 13.8 Å². The molecule has 0 fully saturated rings. The van der Waals surface area contributed by atoms with E-state index in [2.05, 4.69) is 16.9 Å². The van der Waals surface area contributed by atoms with E-state index in [1.165, 1.54) is 0 Å². The average Bonchev–Trinajstić information content (AvgIpc) is 1.67. The molecule has 0 N–H and O–H groups in total. The summed E-state index contributed by atoms with van der Waals surface area (Å²) in [4.78, 5) is 13.4. The monoisotopic (exact) mass is 114 g/mol. The Bertz CT molecular complexity index is 98.6. The Balaban J connectivity index is 3.70. The van der Waals surface area contributed by atoms with Gasteiger partial charge in [0, 0.05) is 0 Å². The third-order valence-electron chi connectivity index (χ3n) is 0.746. The van der Waals surface area contributed by atoms with Gasteiger partial charge in [0.15, 0.2) is 0 Å². The van der Waals surface area contributed by atoms with Gasteiger partial charge in [0.1, 0.15) is 5.54 Å². The second-order valence-electron chi connectivity index (χ2n) is 2.29. The largest absolute Gasteiger partial charge is 0.298 e. The number of aliphatic imine (C=N–C) groups is 1. The molecule has 0 rings (SSSR count). The predicted octanol–water partition coefficient (Wildman–Crippen LogP) is 1.23. The summed E-state index contributed by atoms with van der Waals surface area (Å²) in [6.07, 6.45) is 0. The van der Waals surface area contributed by atoms with Gasteiger partial charge in [0.05, 0.1) is 6.54 Å². The number of nitrogens with zero attached hydrogens (tertiary/aromatic N) is 2. The van der Waals surface area contributed by atoms with E-state index in [4.69, 9.17) is 0 Å². The van der Waals surface area contributed by atoms with Crippen molar-refractivity contribution in [3.8, 4) is 0 Å². The zero-order valence-electron chi connectivity index (χ0n) is 5.22. The maximum absolute atomic E-state index is 9.88. The minimum atomic E-state index is -0.568. The Hall–Kier alpha value is -0.730. The lowest BCUT2D eigenvalue weighted by Gasteiger charge is -2.09. The highest BCUT2D eigenvalue weighted by atomic mass is 16.3. The first-order chi connectivity index (χ1) is 3.62. The van der Waals surface area contributed by atoms with Gasteiger partial charge in [-0.1, -0.05) is 5.18 Å². The van der Waals surface area contributed by atoms with Crippen molar-refractivity contribution in [3.63, 3.8) is 0 Å².